The molecule has 3 aromatic rings. The van der Waals surface area contributed by atoms with Gasteiger partial charge in [-0.3, -0.25) is 13.9 Å². The summed E-state index contributed by atoms with van der Waals surface area (Å²) >= 11 is 6.43. The topological polar surface area (TPSA) is 86.8 Å². The SMILES string of the molecule is CCNC(=O)C(Cc1ccccc1)N(Cc1ccccc1Cl)C(=O)CN(c1ccccc1C)S(C)(=O)=O. The highest BCUT2D eigenvalue weighted by Gasteiger charge is 2.33. The Kier molecular flexibility index (Phi) is 9.72. The number of carbonyl (C=O) groups excluding carboxylic acids is 2. The van der Waals surface area contributed by atoms with Crippen LogP contribution in [0.3, 0.4) is 0 Å². The Morgan fingerprint density at radius 1 is 0.946 bits per heavy atom. The summed E-state index contributed by atoms with van der Waals surface area (Å²) in [6.45, 7) is 3.56. The van der Waals surface area contributed by atoms with Gasteiger partial charge in [-0.1, -0.05) is 78.3 Å². The zero-order chi connectivity index (χ0) is 27.0. The number of nitrogens with zero attached hydrogens (tertiary/aromatic N) is 2. The molecule has 0 saturated carbocycles. The van der Waals surface area contributed by atoms with Gasteiger partial charge in [-0.15, -0.1) is 0 Å². The van der Waals surface area contributed by atoms with Crippen molar-refractivity contribution in [2.24, 2.45) is 0 Å². The first-order valence-corrected chi connectivity index (χ1v) is 14.2. The van der Waals surface area contributed by atoms with Crippen molar-refractivity contribution in [2.45, 2.75) is 32.9 Å². The standard InChI is InChI=1S/C28H32ClN3O4S/c1-4-30-28(34)26(18-22-13-6-5-7-14-22)31(19-23-15-9-10-16-24(23)29)27(33)20-32(37(3,35)36)25-17-11-8-12-21(25)2/h5-17,26H,4,18-20H2,1-3H3,(H,30,34). The largest absolute Gasteiger partial charge is 0.355 e. The summed E-state index contributed by atoms with van der Waals surface area (Å²) in [7, 11) is -3.81. The molecular weight excluding hydrogens is 510 g/mol. The predicted octanol–water partition coefficient (Wildman–Crippen LogP) is 4.19. The van der Waals surface area contributed by atoms with Crippen LogP contribution in [-0.2, 0) is 32.6 Å². The lowest BCUT2D eigenvalue weighted by atomic mass is 10.0. The van der Waals surface area contributed by atoms with Crippen LogP contribution < -0.4 is 9.62 Å². The summed E-state index contributed by atoms with van der Waals surface area (Å²) in [6, 6.07) is 22.6. The highest BCUT2D eigenvalue weighted by Crippen LogP contribution is 2.24. The number of rotatable bonds is 11. The Bertz CT molecular complexity index is 1330. The molecule has 1 N–H and O–H groups in total. The number of nitrogens with one attached hydrogen (secondary N) is 1. The Balaban J connectivity index is 2.06. The van der Waals surface area contributed by atoms with Gasteiger partial charge in [-0.25, -0.2) is 8.42 Å². The number of benzene rings is 3. The zero-order valence-electron chi connectivity index (χ0n) is 21.2. The van der Waals surface area contributed by atoms with E-state index in [1.165, 1.54) is 4.90 Å². The number of likely N-dealkylation sites (N-methyl/N-ethyl adjacent to an activating group) is 1. The normalized spacial score (nSPS) is 12.0. The van der Waals surface area contributed by atoms with E-state index in [9.17, 15) is 18.0 Å². The maximum atomic E-state index is 13.9. The average molecular weight is 542 g/mol. The molecule has 3 aromatic carbocycles. The van der Waals surface area contributed by atoms with E-state index in [1.54, 1.807) is 62.4 Å². The molecule has 2 amide bonds. The quantitative estimate of drug-likeness (QED) is 0.394. The molecule has 0 radical (unpaired) electrons. The van der Waals surface area contributed by atoms with E-state index >= 15 is 0 Å². The first-order chi connectivity index (χ1) is 17.6. The molecule has 0 aliphatic heterocycles. The van der Waals surface area contributed by atoms with Crippen LogP contribution in [0.5, 0.6) is 0 Å². The number of sulfonamides is 1. The first-order valence-electron chi connectivity index (χ1n) is 12.0. The van der Waals surface area contributed by atoms with Crippen LogP contribution in [0.1, 0.15) is 23.6 Å². The molecule has 0 aliphatic rings. The van der Waals surface area contributed by atoms with Crippen molar-refractivity contribution in [3.05, 3.63) is 101 Å². The number of hydrogen-bond acceptors (Lipinski definition) is 4. The summed E-state index contributed by atoms with van der Waals surface area (Å²) in [6.07, 6.45) is 1.32. The molecule has 1 unspecified atom stereocenters. The van der Waals surface area contributed by atoms with Gasteiger partial charge >= 0.3 is 0 Å². The lowest BCUT2D eigenvalue weighted by Crippen LogP contribution is -2.53. The Labute approximate surface area is 224 Å². The van der Waals surface area contributed by atoms with Gasteiger partial charge in [0.1, 0.15) is 12.6 Å². The van der Waals surface area contributed by atoms with Crippen LogP contribution in [-0.4, -0.2) is 50.5 Å². The highest BCUT2D eigenvalue weighted by molar-refractivity contribution is 7.92. The van der Waals surface area contributed by atoms with Crippen molar-refractivity contribution < 1.29 is 18.0 Å². The van der Waals surface area contributed by atoms with E-state index in [0.29, 0.717) is 28.4 Å². The first kappa shape index (κ1) is 28.2. The minimum Gasteiger partial charge on any atom is -0.355 e. The highest BCUT2D eigenvalue weighted by atomic mass is 35.5. The van der Waals surface area contributed by atoms with Crippen LogP contribution in [0.4, 0.5) is 5.69 Å². The Hall–Kier alpha value is -3.36. The summed E-state index contributed by atoms with van der Waals surface area (Å²) in [5.74, 6) is -0.839. The third-order valence-corrected chi connectivity index (χ3v) is 7.48. The van der Waals surface area contributed by atoms with Crippen molar-refractivity contribution in [1.82, 2.24) is 10.2 Å². The van der Waals surface area contributed by atoms with Gasteiger partial charge in [0.15, 0.2) is 0 Å². The summed E-state index contributed by atoms with van der Waals surface area (Å²) in [4.78, 5) is 28.7. The second kappa shape index (κ2) is 12.7. The maximum Gasteiger partial charge on any atom is 0.244 e. The second-order valence-corrected chi connectivity index (χ2v) is 11.1. The van der Waals surface area contributed by atoms with Crippen LogP contribution in [0.15, 0.2) is 78.9 Å². The molecular formula is C28H32ClN3O4S. The van der Waals surface area contributed by atoms with Crippen molar-refractivity contribution >= 4 is 39.1 Å². The van der Waals surface area contributed by atoms with Crippen molar-refractivity contribution in [3.63, 3.8) is 0 Å². The Morgan fingerprint density at radius 3 is 2.19 bits per heavy atom. The molecule has 37 heavy (non-hydrogen) atoms. The van der Waals surface area contributed by atoms with Gasteiger partial charge in [-0.2, -0.15) is 0 Å². The number of hydrogen-bond donors (Lipinski definition) is 1. The maximum absolute atomic E-state index is 13.9. The fourth-order valence-electron chi connectivity index (χ4n) is 4.09. The van der Waals surface area contributed by atoms with Crippen molar-refractivity contribution in [1.29, 1.82) is 0 Å². The van der Waals surface area contributed by atoms with Gasteiger partial charge < -0.3 is 10.2 Å². The van der Waals surface area contributed by atoms with Gasteiger partial charge in [0.25, 0.3) is 0 Å². The molecule has 0 aliphatic carbocycles. The number of carbonyl (C=O) groups is 2. The lowest BCUT2D eigenvalue weighted by molar-refractivity contribution is -0.140. The van der Waals surface area contributed by atoms with E-state index in [2.05, 4.69) is 5.32 Å². The van der Waals surface area contributed by atoms with Crippen molar-refractivity contribution in [2.75, 3.05) is 23.7 Å². The monoisotopic (exact) mass is 541 g/mol. The molecule has 7 nitrogen and oxygen atoms in total. The average Bonchev–Trinajstić information content (AvgIpc) is 2.86. The molecule has 0 heterocycles. The van der Waals surface area contributed by atoms with Crippen molar-refractivity contribution in [3.8, 4) is 0 Å². The van der Waals surface area contributed by atoms with E-state index in [0.717, 1.165) is 16.1 Å². The van der Waals surface area contributed by atoms with Crippen LogP contribution in [0.25, 0.3) is 0 Å². The molecule has 9 heteroatoms. The fraction of sp³-hybridized carbons (Fsp3) is 0.286. The Morgan fingerprint density at radius 2 is 1.57 bits per heavy atom. The molecule has 0 saturated heterocycles. The summed E-state index contributed by atoms with van der Waals surface area (Å²) in [5, 5.41) is 3.28. The van der Waals surface area contributed by atoms with E-state index in [1.807, 2.05) is 30.3 Å². The molecule has 1 atom stereocenters. The van der Waals surface area contributed by atoms with Gasteiger partial charge in [0.05, 0.1) is 11.9 Å². The molecule has 3 rings (SSSR count). The third kappa shape index (κ3) is 7.57. The second-order valence-electron chi connectivity index (χ2n) is 8.77. The van der Waals surface area contributed by atoms with Crippen LogP contribution in [0, 0.1) is 6.92 Å². The summed E-state index contributed by atoms with van der Waals surface area (Å²) in [5.41, 5.74) is 2.65. The zero-order valence-corrected chi connectivity index (χ0v) is 22.8. The minimum absolute atomic E-state index is 0.0402. The van der Waals surface area contributed by atoms with E-state index < -0.39 is 28.5 Å². The number of anilines is 1. The third-order valence-electron chi connectivity index (χ3n) is 5.98. The molecule has 0 aromatic heterocycles. The van der Waals surface area contributed by atoms with E-state index in [-0.39, 0.29) is 18.9 Å². The van der Waals surface area contributed by atoms with Gasteiger partial charge in [0, 0.05) is 24.5 Å². The number of aryl methyl sites for hydroxylation is 1. The number of halogens is 1. The van der Waals surface area contributed by atoms with Crippen LogP contribution in [0.2, 0.25) is 5.02 Å². The minimum atomic E-state index is -3.81. The summed E-state index contributed by atoms with van der Waals surface area (Å²) < 4.78 is 26.7. The molecule has 0 spiro atoms. The van der Waals surface area contributed by atoms with E-state index in [4.69, 9.17) is 11.6 Å². The van der Waals surface area contributed by atoms with Crippen LogP contribution >= 0.6 is 11.6 Å². The molecule has 0 fully saturated rings. The lowest BCUT2D eigenvalue weighted by Gasteiger charge is -2.34. The van der Waals surface area contributed by atoms with Gasteiger partial charge in [0.2, 0.25) is 21.8 Å². The predicted molar refractivity (Wildman–Crippen MR) is 148 cm³/mol. The number of para-hydroxylation sites is 1. The van der Waals surface area contributed by atoms with Gasteiger partial charge in [-0.05, 0) is 42.7 Å². The smallest absolute Gasteiger partial charge is 0.244 e. The fourth-order valence-corrected chi connectivity index (χ4v) is 5.20. The number of amides is 2. The molecule has 0 bridgehead atoms. The molecule has 196 valence electrons.